The van der Waals surface area contributed by atoms with E-state index in [-0.39, 0.29) is 74.9 Å². The van der Waals surface area contributed by atoms with Crippen molar-refractivity contribution in [3.8, 4) is 0 Å². The van der Waals surface area contributed by atoms with Gasteiger partial charge in [0.1, 0.15) is 48.3 Å². The van der Waals surface area contributed by atoms with Crippen molar-refractivity contribution in [2.24, 2.45) is 41.1 Å². The van der Waals surface area contributed by atoms with E-state index < -0.39 is 187 Å². The van der Waals surface area contributed by atoms with E-state index in [9.17, 15) is 73.2 Å². The zero-order valence-corrected chi connectivity index (χ0v) is 57.1. The number of aliphatic hydroxyl groups excluding tert-OH is 4. The number of ether oxygens (including phenoxy) is 1. The maximum atomic E-state index is 15.5. The Morgan fingerprint density at radius 3 is 1.72 bits per heavy atom. The third-order valence-electron chi connectivity index (χ3n) is 15.8. The summed E-state index contributed by atoms with van der Waals surface area (Å²) in [7, 11) is 0. The molecule has 0 aliphatic carbocycles. The van der Waals surface area contributed by atoms with Crippen molar-refractivity contribution < 1.29 is 82.7 Å². The van der Waals surface area contributed by atoms with Crippen LogP contribution in [0.1, 0.15) is 132 Å². The lowest BCUT2D eigenvalue weighted by molar-refractivity contribution is -0.159. The Morgan fingerprint density at radius 2 is 1.16 bits per heavy atom. The maximum absolute atomic E-state index is 15.5. The Balaban J connectivity index is 2.44. The van der Waals surface area contributed by atoms with Crippen LogP contribution in [0, 0.1) is 35.0 Å². The molecule has 3 rings (SSSR count). The van der Waals surface area contributed by atoms with Crippen LogP contribution in [0.2, 0.25) is 0 Å². The van der Waals surface area contributed by atoms with E-state index in [2.05, 4.69) is 63.8 Å². The molecule has 1 aliphatic rings. The summed E-state index contributed by atoms with van der Waals surface area (Å²) < 4.78 is 6.02. The van der Waals surface area contributed by atoms with Gasteiger partial charge in [-0.1, -0.05) is 136 Å². The van der Waals surface area contributed by atoms with E-state index in [1.807, 2.05) is 13.8 Å². The minimum atomic E-state index is -2.51. The highest BCUT2D eigenvalue weighted by molar-refractivity contribution is 6.00. The van der Waals surface area contributed by atoms with E-state index in [1.54, 1.807) is 71.9 Å². The number of benzene rings is 2. The zero-order chi connectivity index (χ0) is 73.0. The second-order valence-electron chi connectivity index (χ2n) is 25.9. The monoisotopic (exact) mass is 1370 g/mol. The number of cyclic esters (lactones) is 1. The summed E-state index contributed by atoms with van der Waals surface area (Å²) in [4.78, 5) is 173. The van der Waals surface area contributed by atoms with Crippen molar-refractivity contribution >= 4 is 76.9 Å². The number of carbonyl (C=O) groups is 12. The first-order valence-corrected chi connectivity index (χ1v) is 32.7. The Morgan fingerprint density at radius 1 is 0.619 bits per heavy atom. The summed E-state index contributed by atoms with van der Waals surface area (Å²) in [5, 5.41) is 82.4. The summed E-state index contributed by atoms with van der Waals surface area (Å²) in [6.07, 6.45) is -7.99. The van der Waals surface area contributed by atoms with E-state index in [0.29, 0.717) is 5.56 Å². The lowest BCUT2D eigenvalue weighted by Gasteiger charge is -2.34. The molecule has 1 heterocycles. The molecule has 32 heteroatoms. The largest absolute Gasteiger partial charge is 0.453 e. The predicted octanol–water partition coefficient (Wildman–Crippen LogP) is -3.39. The molecule has 97 heavy (non-hydrogen) atoms. The third kappa shape index (κ3) is 27.3. The number of aliphatic hydroxyl groups is 4. The highest BCUT2D eigenvalue weighted by atomic mass is 16.5. The average Bonchev–Trinajstić information content (AvgIpc) is 0.826. The van der Waals surface area contributed by atoms with Crippen molar-refractivity contribution in [1.29, 1.82) is 5.41 Å². The van der Waals surface area contributed by atoms with Crippen LogP contribution in [0.4, 0.5) is 0 Å². The van der Waals surface area contributed by atoms with Crippen LogP contribution < -0.4 is 75.3 Å². The fourth-order valence-electron chi connectivity index (χ4n) is 10.2. The van der Waals surface area contributed by atoms with Crippen LogP contribution in [0.15, 0.2) is 60.7 Å². The van der Waals surface area contributed by atoms with Gasteiger partial charge in [-0.3, -0.25) is 58.1 Å². The van der Waals surface area contributed by atoms with Crippen LogP contribution >= 0.6 is 0 Å². The Bertz CT molecular complexity index is 2980. The molecule has 2 aromatic carbocycles. The molecule has 0 unspecified atom stereocenters. The number of carbonyl (C=O) groups excluding carboxylic acids is 12. The first-order chi connectivity index (χ1) is 45.6. The van der Waals surface area contributed by atoms with Gasteiger partial charge in [-0.05, 0) is 79.7 Å². The number of hydrogen-bond donors (Lipinski definition) is 19. The van der Waals surface area contributed by atoms with Gasteiger partial charge >= 0.3 is 5.97 Å². The Labute approximate surface area is 565 Å². The van der Waals surface area contributed by atoms with Crippen molar-refractivity contribution in [1.82, 2.24) is 63.8 Å². The normalized spacial score (nSPS) is 23.7. The Hall–Kier alpha value is -8.85. The van der Waals surface area contributed by atoms with Crippen LogP contribution in [0.5, 0.6) is 0 Å². The molecule has 540 valence electrons. The summed E-state index contributed by atoms with van der Waals surface area (Å²) in [6, 6.07) is -2.45. The van der Waals surface area contributed by atoms with Gasteiger partial charge in [0.05, 0.1) is 31.4 Å². The molecule has 0 radical (unpaired) electrons. The molecule has 11 amide bonds. The molecule has 1 fully saturated rings. The lowest BCUT2D eigenvalue weighted by atomic mass is 9.95. The van der Waals surface area contributed by atoms with Crippen molar-refractivity contribution in [3.05, 3.63) is 71.8 Å². The van der Waals surface area contributed by atoms with E-state index in [4.69, 9.17) is 21.6 Å². The first-order valence-electron chi connectivity index (χ1n) is 32.7. The maximum Gasteiger partial charge on any atom is 0.331 e. The number of guanidine groups is 1. The molecule has 2 aromatic rings. The first kappa shape index (κ1) is 82.4. The van der Waals surface area contributed by atoms with Gasteiger partial charge in [-0.25, -0.2) is 4.79 Å². The molecule has 0 aromatic heterocycles. The van der Waals surface area contributed by atoms with Gasteiger partial charge in [-0.15, -0.1) is 0 Å². The molecule has 21 N–H and O–H groups in total. The van der Waals surface area contributed by atoms with Crippen molar-refractivity contribution in [2.75, 3.05) is 19.7 Å². The molecule has 0 saturated carbocycles. The summed E-state index contributed by atoms with van der Waals surface area (Å²) in [5.41, 5.74) is 12.2. The van der Waals surface area contributed by atoms with Gasteiger partial charge in [0.15, 0.2) is 24.2 Å². The highest BCUT2D eigenvalue weighted by Gasteiger charge is 2.44. The van der Waals surface area contributed by atoms with Gasteiger partial charge in [-0.2, -0.15) is 0 Å². The zero-order valence-electron chi connectivity index (χ0n) is 57.1. The number of nitrogens with two attached hydrogens (primary N) is 2. The molecular weight excluding hydrogens is 1260 g/mol. The quantitative estimate of drug-likeness (QED) is 0.0199. The lowest BCUT2D eigenvalue weighted by Crippen LogP contribution is -2.64. The minimum Gasteiger partial charge on any atom is -0.453 e. The number of esters is 1. The second kappa shape index (κ2) is 40.6. The molecular formula is C65H103N15O17. The average molecular weight is 1370 g/mol. The van der Waals surface area contributed by atoms with Gasteiger partial charge in [0.25, 0.3) is 5.91 Å². The molecule has 0 spiro atoms. The molecule has 32 nitrogen and oxygen atoms in total. The SMILES string of the molecule is CC[C@H](C)[C@@H]1NC(=O)[C@@H](CCCNC(=N)N)NC(=O)[C@H](CC(C)C)NC(=O)[C@H]([C@H](O)C(C)C)NC(=O)[C@@H](NC(=O)[C@H](CC(C)C)NC(=O)[C@H](N)CC(C)C)[C@@H](c2ccccc2)OC(=O)[C@H](CO)NC(=O)[C@H]([C@H](O)C(=O)NCc2ccccc2)NC(=O)CNC(=O)[C@H]([C@H](C)O)NC1=O. The fourth-order valence-corrected chi connectivity index (χ4v) is 10.2. The topological polar surface area (TPSA) is 515 Å². The van der Waals surface area contributed by atoms with Crippen molar-refractivity contribution in [3.63, 3.8) is 0 Å². The molecule has 15 atom stereocenters. The number of hydrogen-bond acceptors (Lipinski definition) is 19. The summed E-state index contributed by atoms with van der Waals surface area (Å²) in [6.45, 7) is 15.3. The van der Waals surface area contributed by atoms with E-state index in [1.165, 1.54) is 44.2 Å². The highest BCUT2D eigenvalue weighted by Crippen LogP contribution is 2.25. The number of nitrogens with one attached hydrogen (secondary N) is 13. The van der Waals surface area contributed by atoms with Crippen LogP contribution in [0.3, 0.4) is 0 Å². The summed E-state index contributed by atoms with van der Waals surface area (Å²) in [5.74, 6) is -16.9. The van der Waals surface area contributed by atoms with Crippen molar-refractivity contribution in [2.45, 2.75) is 206 Å². The predicted molar refractivity (Wildman–Crippen MR) is 355 cm³/mol. The Kier molecular flexibility index (Phi) is 34.5. The summed E-state index contributed by atoms with van der Waals surface area (Å²) >= 11 is 0. The number of rotatable bonds is 25. The van der Waals surface area contributed by atoms with E-state index in [0.717, 1.165) is 6.92 Å². The van der Waals surface area contributed by atoms with Crippen LogP contribution in [-0.4, -0.2) is 196 Å². The second-order valence-corrected chi connectivity index (χ2v) is 25.9. The van der Waals surface area contributed by atoms with Crippen LogP contribution in [0.25, 0.3) is 0 Å². The van der Waals surface area contributed by atoms with Crippen LogP contribution in [-0.2, 0) is 68.8 Å². The number of amides is 11. The molecule has 1 saturated heterocycles. The smallest absolute Gasteiger partial charge is 0.331 e. The van der Waals surface area contributed by atoms with E-state index >= 15 is 4.79 Å². The standard InChI is InChI=1S/C65H103N15O17/c1-12-36(10)46-59(91)78-47(37(11)82)58(90)71-30-45(83)76-49(52(85)63(95)70-29-38-20-15-13-16-21-38)61(93)75-44(31-81)64(96)97-53(39-22-17-14-18-23-39)50(80-57(89)43(28-34(6)7)73-54(86)40(66)26-32(2)3)62(94)79-48(51(84)35(8)9)60(92)74-42(27-33(4)5)56(88)72-41(55(87)77-46)24-19-25-69-65(67)68/h13-18,20-23,32-37,40-44,46-53,81-82,84-85H,12,19,24-31,66H2,1-11H3,(H,70,95)(H,71,90)(H,72,88)(H,73,86)(H,74,92)(H,75,93)(H,76,83)(H,77,87)(H,78,91)(H,79,94)(H,80,89)(H4,67,68,69)/t36-,37-,40+,41+,42-,43-,44-,46-,47-,48-,49-,50-,51+,52-,53+/m0/s1. The molecule has 1 aliphatic heterocycles. The van der Waals surface area contributed by atoms with Gasteiger partial charge < -0.3 is 100 Å². The van der Waals surface area contributed by atoms with Gasteiger partial charge in [0, 0.05) is 13.1 Å². The fraction of sp³-hybridized carbons (Fsp3) is 0.615. The van der Waals surface area contributed by atoms with Gasteiger partial charge in [0.2, 0.25) is 59.1 Å². The third-order valence-corrected chi connectivity index (χ3v) is 15.8. The molecule has 0 bridgehead atoms. The minimum absolute atomic E-state index is 0.0138.